The first kappa shape index (κ1) is 14.0. The van der Waals surface area contributed by atoms with E-state index in [0.29, 0.717) is 5.69 Å². The first-order valence-electron chi connectivity index (χ1n) is 5.86. The van der Waals surface area contributed by atoms with Gasteiger partial charge in [-0.2, -0.15) is 0 Å². The lowest BCUT2D eigenvalue weighted by atomic mass is 10.3. The van der Waals surface area contributed by atoms with Crippen molar-refractivity contribution >= 4 is 17.6 Å². The van der Waals surface area contributed by atoms with Gasteiger partial charge in [0.15, 0.2) is 0 Å². The van der Waals surface area contributed by atoms with E-state index in [4.69, 9.17) is 4.74 Å². The van der Waals surface area contributed by atoms with Crippen LogP contribution in [0.25, 0.3) is 0 Å². The van der Waals surface area contributed by atoms with Crippen LogP contribution in [-0.2, 0) is 14.3 Å². The molecule has 0 spiro atoms. The average Bonchev–Trinajstić information content (AvgIpc) is 2.37. The number of hydrogen-bond acceptors (Lipinski definition) is 3. The number of carbonyl (C=O) groups is 2. The molecule has 1 aromatic rings. The zero-order valence-corrected chi connectivity index (χ0v) is 10.6. The van der Waals surface area contributed by atoms with Crippen LogP contribution >= 0.6 is 0 Å². The van der Waals surface area contributed by atoms with Crippen LogP contribution in [0.2, 0.25) is 0 Å². The Hall–Kier alpha value is -2.10. The predicted octanol–water partition coefficient (Wildman–Crippen LogP) is 2.52. The van der Waals surface area contributed by atoms with Gasteiger partial charge in [-0.3, -0.25) is 4.79 Å². The number of benzene rings is 1. The maximum atomic E-state index is 11.5. The molecule has 1 amide bonds. The second-order valence-electron chi connectivity index (χ2n) is 3.84. The summed E-state index contributed by atoms with van der Waals surface area (Å²) in [6, 6.07) is 9.02. The standard InChI is InChI=1S/C14H17NO3/c1-3-11(2)18-14(17)10-9-13(16)15-12-7-5-4-6-8-12/h4-11H,3H2,1-2H3,(H,15,16). The maximum absolute atomic E-state index is 11.5. The molecular weight excluding hydrogens is 230 g/mol. The topological polar surface area (TPSA) is 55.4 Å². The molecule has 0 heterocycles. The van der Waals surface area contributed by atoms with E-state index in [1.165, 1.54) is 0 Å². The van der Waals surface area contributed by atoms with Gasteiger partial charge in [0.25, 0.3) is 0 Å². The van der Waals surface area contributed by atoms with E-state index in [1.807, 2.05) is 25.1 Å². The zero-order valence-electron chi connectivity index (χ0n) is 10.6. The van der Waals surface area contributed by atoms with Crippen molar-refractivity contribution in [1.82, 2.24) is 0 Å². The van der Waals surface area contributed by atoms with Gasteiger partial charge in [0.2, 0.25) is 5.91 Å². The monoisotopic (exact) mass is 247 g/mol. The molecule has 0 fully saturated rings. The molecule has 1 unspecified atom stereocenters. The molecule has 1 N–H and O–H groups in total. The van der Waals surface area contributed by atoms with Gasteiger partial charge in [-0.15, -0.1) is 0 Å². The second kappa shape index (κ2) is 7.27. The fourth-order valence-corrected chi connectivity index (χ4v) is 1.17. The van der Waals surface area contributed by atoms with Crippen LogP contribution in [-0.4, -0.2) is 18.0 Å². The minimum absolute atomic E-state index is 0.140. The molecule has 0 saturated carbocycles. The number of amides is 1. The van der Waals surface area contributed by atoms with Crippen molar-refractivity contribution < 1.29 is 14.3 Å². The van der Waals surface area contributed by atoms with Crippen molar-refractivity contribution in [2.45, 2.75) is 26.4 Å². The Morgan fingerprint density at radius 1 is 1.28 bits per heavy atom. The number of nitrogens with one attached hydrogen (secondary N) is 1. The zero-order chi connectivity index (χ0) is 13.4. The number of para-hydroxylation sites is 1. The van der Waals surface area contributed by atoms with Crippen molar-refractivity contribution in [2.75, 3.05) is 5.32 Å². The van der Waals surface area contributed by atoms with E-state index in [2.05, 4.69) is 5.32 Å². The molecule has 4 nitrogen and oxygen atoms in total. The number of ether oxygens (including phenoxy) is 1. The third kappa shape index (κ3) is 5.30. The van der Waals surface area contributed by atoms with Gasteiger partial charge in [-0.05, 0) is 25.5 Å². The van der Waals surface area contributed by atoms with Gasteiger partial charge in [-0.25, -0.2) is 4.79 Å². The Bertz CT molecular complexity index is 426. The maximum Gasteiger partial charge on any atom is 0.331 e. The number of anilines is 1. The van der Waals surface area contributed by atoms with Crippen LogP contribution in [0.5, 0.6) is 0 Å². The normalized spacial score (nSPS) is 12.1. The largest absolute Gasteiger partial charge is 0.460 e. The van der Waals surface area contributed by atoms with E-state index in [1.54, 1.807) is 19.1 Å². The highest BCUT2D eigenvalue weighted by atomic mass is 16.5. The highest BCUT2D eigenvalue weighted by molar-refractivity contribution is 6.02. The van der Waals surface area contributed by atoms with E-state index < -0.39 is 5.97 Å². The van der Waals surface area contributed by atoms with E-state index in [-0.39, 0.29) is 12.0 Å². The summed E-state index contributed by atoms with van der Waals surface area (Å²) in [6.07, 6.45) is 2.90. The predicted molar refractivity (Wildman–Crippen MR) is 70.1 cm³/mol. The van der Waals surface area contributed by atoms with Crippen LogP contribution in [0.4, 0.5) is 5.69 Å². The Morgan fingerprint density at radius 2 is 1.94 bits per heavy atom. The van der Waals surface area contributed by atoms with E-state index >= 15 is 0 Å². The van der Waals surface area contributed by atoms with Crippen LogP contribution < -0.4 is 5.32 Å². The first-order chi connectivity index (χ1) is 8.61. The van der Waals surface area contributed by atoms with Gasteiger partial charge < -0.3 is 10.1 Å². The molecule has 1 atom stereocenters. The summed E-state index contributed by atoms with van der Waals surface area (Å²) in [6.45, 7) is 3.72. The number of esters is 1. The Morgan fingerprint density at radius 3 is 2.56 bits per heavy atom. The average molecular weight is 247 g/mol. The first-order valence-corrected chi connectivity index (χ1v) is 5.86. The molecule has 0 radical (unpaired) electrons. The molecule has 0 aromatic heterocycles. The summed E-state index contributed by atoms with van der Waals surface area (Å²) >= 11 is 0. The molecule has 0 aliphatic rings. The molecule has 1 rings (SSSR count). The Labute approximate surface area is 107 Å². The second-order valence-corrected chi connectivity index (χ2v) is 3.84. The number of rotatable bonds is 5. The van der Waals surface area contributed by atoms with Crippen molar-refractivity contribution in [2.24, 2.45) is 0 Å². The minimum Gasteiger partial charge on any atom is -0.460 e. The molecule has 96 valence electrons. The fraction of sp³-hybridized carbons (Fsp3) is 0.286. The quantitative estimate of drug-likeness (QED) is 0.642. The van der Waals surface area contributed by atoms with Gasteiger partial charge in [0.05, 0.1) is 6.10 Å². The molecule has 18 heavy (non-hydrogen) atoms. The van der Waals surface area contributed by atoms with Crippen LogP contribution in [0.1, 0.15) is 20.3 Å². The molecular formula is C14H17NO3. The van der Waals surface area contributed by atoms with Crippen LogP contribution in [0.3, 0.4) is 0 Å². The fourth-order valence-electron chi connectivity index (χ4n) is 1.17. The smallest absolute Gasteiger partial charge is 0.331 e. The number of hydrogen-bond donors (Lipinski definition) is 1. The summed E-state index contributed by atoms with van der Waals surface area (Å²) in [5.74, 6) is -0.866. The van der Waals surface area contributed by atoms with Gasteiger partial charge in [-0.1, -0.05) is 25.1 Å². The van der Waals surface area contributed by atoms with Crippen molar-refractivity contribution in [3.63, 3.8) is 0 Å². The third-order valence-electron chi connectivity index (χ3n) is 2.30. The van der Waals surface area contributed by atoms with Crippen molar-refractivity contribution in [3.8, 4) is 0 Å². The Balaban J connectivity index is 2.42. The minimum atomic E-state index is -0.507. The molecule has 0 aliphatic heterocycles. The van der Waals surface area contributed by atoms with Crippen molar-refractivity contribution in [1.29, 1.82) is 0 Å². The van der Waals surface area contributed by atoms with Gasteiger partial charge >= 0.3 is 5.97 Å². The Kier molecular flexibility index (Phi) is 5.64. The highest BCUT2D eigenvalue weighted by Gasteiger charge is 2.04. The molecule has 1 aromatic carbocycles. The number of carbonyl (C=O) groups excluding carboxylic acids is 2. The van der Waals surface area contributed by atoms with E-state index in [9.17, 15) is 9.59 Å². The third-order valence-corrected chi connectivity index (χ3v) is 2.30. The summed E-state index contributed by atoms with van der Waals surface area (Å²) < 4.78 is 4.99. The lowest BCUT2D eigenvalue weighted by molar-refractivity contribution is -0.142. The van der Waals surface area contributed by atoms with Crippen molar-refractivity contribution in [3.05, 3.63) is 42.5 Å². The van der Waals surface area contributed by atoms with Gasteiger partial charge in [0.1, 0.15) is 0 Å². The lowest BCUT2D eigenvalue weighted by Crippen LogP contribution is -2.13. The summed E-state index contributed by atoms with van der Waals surface area (Å²) in [5, 5.41) is 2.63. The molecule has 0 saturated heterocycles. The highest BCUT2D eigenvalue weighted by Crippen LogP contribution is 2.04. The molecule has 0 bridgehead atoms. The van der Waals surface area contributed by atoms with E-state index in [0.717, 1.165) is 18.6 Å². The molecule has 4 heteroatoms. The van der Waals surface area contributed by atoms with Crippen LogP contribution in [0, 0.1) is 0 Å². The molecule has 0 aliphatic carbocycles. The van der Waals surface area contributed by atoms with Gasteiger partial charge in [0, 0.05) is 17.8 Å². The lowest BCUT2D eigenvalue weighted by Gasteiger charge is -2.07. The summed E-state index contributed by atoms with van der Waals surface area (Å²) in [4.78, 5) is 22.7. The van der Waals surface area contributed by atoms with Crippen LogP contribution in [0.15, 0.2) is 42.5 Å². The summed E-state index contributed by atoms with van der Waals surface area (Å²) in [7, 11) is 0. The summed E-state index contributed by atoms with van der Waals surface area (Å²) in [5.41, 5.74) is 0.683. The SMILES string of the molecule is CCC(C)OC(=O)C=CC(=O)Nc1ccccc1.